The second-order valence-electron chi connectivity index (χ2n) is 6.65. The number of aryl methyl sites for hydroxylation is 1. The van der Waals surface area contributed by atoms with E-state index in [4.69, 9.17) is 4.74 Å². The number of hydrogen-bond donors (Lipinski definition) is 1. The number of carbonyl (C=O) groups excluding carboxylic acids is 1. The minimum atomic E-state index is -0.134. The summed E-state index contributed by atoms with van der Waals surface area (Å²) in [5.74, 6) is 1.24. The lowest BCUT2D eigenvalue weighted by Crippen LogP contribution is -2.26. The molecule has 2 unspecified atom stereocenters. The molecule has 3 rings (SSSR count). The van der Waals surface area contributed by atoms with Gasteiger partial charge in [0.05, 0.1) is 6.10 Å². The number of nitrogens with zero attached hydrogens (tertiary/aromatic N) is 4. The topological polar surface area (TPSA) is 81.9 Å². The Kier molecular flexibility index (Phi) is 5.75. The average Bonchev–Trinajstić information content (AvgIpc) is 3.09. The van der Waals surface area contributed by atoms with E-state index in [1.165, 1.54) is 12.8 Å². The van der Waals surface area contributed by atoms with Gasteiger partial charge in [-0.25, -0.2) is 4.68 Å². The van der Waals surface area contributed by atoms with E-state index in [1.54, 1.807) is 4.68 Å². The van der Waals surface area contributed by atoms with Crippen molar-refractivity contribution in [3.63, 3.8) is 0 Å². The maximum atomic E-state index is 12.2. The van der Waals surface area contributed by atoms with Crippen molar-refractivity contribution >= 4 is 11.6 Å². The number of carbonyl (C=O) groups is 1. The molecule has 1 aliphatic carbocycles. The van der Waals surface area contributed by atoms with Gasteiger partial charge in [0.2, 0.25) is 5.91 Å². The van der Waals surface area contributed by atoms with Crippen LogP contribution in [-0.2, 0) is 16.1 Å². The lowest BCUT2D eigenvalue weighted by molar-refractivity contribution is -0.123. The molecule has 0 saturated heterocycles. The highest BCUT2D eigenvalue weighted by atomic mass is 16.5. The van der Waals surface area contributed by atoms with E-state index < -0.39 is 0 Å². The average molecular weight is 343 g/mol. The number of ether oxygens (including phenoxy) is 1. The maximum Gasteiger partial charge on any atom is 0.250 e. The van der Waals surface area contributed by atoms with Crippen LogP contribution in [0.25, 0.3) is 11.4 Å². The highest BCUT2D eigenvalue weighted by Gasteiger charge is 2.20. The first-order valence-electron chi connectivity index (χ1n) is 8.93. The normalized spacial score (nSPS) is 20.4. The van der Waals surface area contributed by atoms with Crippen molar-refractivity contribution in [1.29, 1.82) is 0 Å². The van der Waals surface area contributed by atoms with Crippen molar-refractivity contribution in [2.24, 2.45) is 5.92 Å². The summed E-state index contributed by atoms with van der Waals surface area (Å²) in [6.45, 7) is 5.00. The fourth-order valence-corrected chi connectivity index (χ4v) is 3.28. The summed E-state index contributed by atoms with van der Waals surface area (Å²) in [5.41, 5.74) is 1.58. The molecule has 1 saturated carbocycles. The zero-order valence-corrected chi connectivity index (χ0v) is 14.8. The molecule has 1 aliphatic rings. The molecule has 0 bridgehead atoms. The molecule has 1 aromatic carbocycles. The molecule has 1 fully saturated rings. The summed E-state index contributed by atoms with van der Waals surface area (Å²) >= 11 is 0. The Morgan fingerprint density at radius 2 is 2.28 bits per heavy atom. The van der Waals surface area contributed by atoms with Gasteiger partial charge in [0.1, 0.15) is 6.61 Å². The quantitative estimate of drug-likeness (QED) is 0.872. The lowest BCUT2D eigenvalue weighted by atomic mass is 9.89. The van der Waals surface area contributed by atoms with Gasteiger partial charge in [-0.1, -0.05) is 31.9 Å². The molecule has 7 nitrogen and oxygen atoms in total. The highest BCUT2D eigenvalue weighted by Crippen LogP contribution is 2.25. The van der Waals surface area contributed by atoms with Gasteiger partial charge in [0.25, 0.3) is 0 Å². The van der Waals surface area contributed by atoms with Gasteiger partial charge in [0.15, 0.2) is 5.82 Å². The molecule has 1 amide bonds. The van der Waals surface area contributed by atoms with Crippen molar-refractivity contribution in [2.45, 2.75) is 52.2 Å². The molecule has 25 heavy (non-hydrogen) atoms. The Morgan fingerprint density at radius 1 is 1.40 bits per heavy atom. The summed E-state index contributed by atoms with van der Waals surface area (Å²) in [6.07, 6.45) is 4.74. The van der Waals surface area contributed by atoms with E-state index in [2.05, 4.69) is 27.8 Å². The molecule has 2 atom stereocenters. The van der Waals surface area contributed by atoms with E-state index in [1.807, 2.05) is 31.2 Å². The number of aromatic nitrogens is 4. The molecule has 2 aromatic rings. The second-order valence-corrected chi connectivity index (χ2v) is 6.65. The number of rotatable bonds is 6. The van der Waals surface area contributed by atoms with E-state index in [0.29, 0.717) is 24.0 Å². The standard InChI is InChI=1S/C18H25N5O2/c1-3-23-18(20-21-22-23)14-7-5-8-15(11-14)19-17(24)12-25-16-9-4-6-13(2)10-16/h5,7-8,11,13,16H,3-4,6,9-10,12H2,1-2H3,(H,19,24). The van der Waals surface area contributed by atoms with Gasteiger partial charge in [-0.2, -0.15) is 0 Å². The Balaban J connectivity index is 1.57. The third-order valence-corrected chi connectivity index (χ3v) is 4.57. The Bertz CT molecular complexity index is 715. The number of amides is 1. The largest absolute Gasteiger partial charge is 0.368 e. The number of anilines is 1. The van der Waals surface area contributed by atoms with Crippen molar-refractivity contribution in [3.8, 4) is 11.4 Å². The molecule has 1 N–H and O–H groups in total. The lowest BCUT2D eigenvalue weighted by Gasteiger charge is -2.26. The third-order valence-electron chi connectivity index (χ3n) is 4.57. The van der Waals surface area contributed by atoms with Crippen LogP contribution in [0, 0.1) is 5.92 Å². The van der Waals surface area contributed by atoms with Crippen LogP contribution in [-0.4, -0.2) is 38.8 Å². The Labute approximate surface area is 147 Å². The summed E-state index contributed by atoms with van der Waals surface area (Å²) in [7, 11) is 0. The predicted octanol–water partition coefficient (Wildman–Crippen LogP) is 2.89. The maximum absolute atomic E-state index is 12.2. The minimum absolute atomic E-state index is 0.0916. The first-order chi connectivity index (χ1) is 12.2. The number of benzene rings is 1. The van der Waals surface area contributed by atoms with Crippen LogP contribution in [0.2, 0.25) is 0 Å². The molecule has 1 heterocycles. The summed E-state index contributed by atoms with van der Waals surface area (Å²) in [6, 6.07) is 7.53. The Morgan fingerprint density at radius 3 is 3.08 bits per heavy atom. The summed E-state index contributed by atoms with van der Waals surface area (Å²) in [5, 5.41) is 14.6. The summed E-state index contributed by atoms with van der Waals surface area (Å²) < 4.78 is 7.49. The predicted molar refractivity (Wildman–Crippen MR) is 94.9 cm³/mol. The van der Waals surface area contributed by atoms with E-state index in [0.717, 1.165) is 18.4 Å². The minimum Gasteiger partial charge on any atom is -0.368 e. The van der Waals surface area contributed by atoms with Crippen LogP contribution in [0.3, 0.4) is 0 Å². The summed E-state index contributed by atoms with van der Waals surface area (Å²) in [4.78, 5) is 12.2. The first-order valence-corrected chi connectivity index (χ1v) is 8.93. The van der Waals surface area contributed by atoms with Crippen molar-refractivity contribution < 1.29 is 9.53 Å². The van der Waals surface area contributed by atoms with Crippen LogP contribution in [0.4, 0.5) is 5.69 Å². The fraction of sp³-hybridized carbons (Fsp3) is 0.556. The molecule has 7 heteroatoms. The highest BCUT2D eigenvalue weighted by molar-refractivity contribution is 5.92. The molecule has 0 spiro atoms. The van der Waals surface area contributed by atoms with Crippen LogP contribution in [0.5, 0.6) is 0 Å². The fourth-order valence-electron chi connectivity index (χ4n) is 3.28. The monoisotopic (exact) mass is 343 g/mol. The number of nitrogens with one attached hydrogen (secondary N) is 1. The van der Waals surface area contributed by atoms with Crippen molar-refractivity contribution in [3.05, 3.63) is 24.3 Å². The van der Waals surface area contributed by atoms with Crippen molar-refractivity contribution in [2.75, 3.05) is 11.9 Å². The van der Waals surface area contributed by atoms with Crippen LogP contribution in [0.1, 0.15) is 39.5 Å². The smallest absolute Gasteiger partial charge is 0.250 e. The zero-order chi connectivity index (χ0) is 17.6. The molecule has 1 aromatic heterocycles. The number of tetrazole rings is 1. The van der Waals surface area contributed by atoms with Gasteiger partial charge in [-0.05, 0) is 48.2 Å². The Hall–Kier alpha value is -2.28. The number of hydrogen-bond acceptors (Lipinski definition) is 5. The van der Waals surface area contributed by atoms with Gasteiger partial charge >= 0.3 is 0 Å². The zero-order valence-electron chi connectivity index (χ0n) is 14.8. The molecular weight excluding hydrogens is 318 g/mol. The van der Waals surface area contributed by atoms with Crippen LogP contribution in [0.15, 0.2) is 24.3 Å². The van der Waals surface area contributed by atoms with E-state index >= 15 is 0 Å². The first kappa shape index (κ1) is 17.5. The van der Waals surface area contributed by atoms with Gasteiger partial charge in [0, 0.05) is 17.8 Å². The van der Waals surface area contributed by atoms with E-state index in [9.17, 15) is 4.79 Å². The van der Waals surface area contributed by atoms with E-state index in [-0.39, 0.29) is 18.6 Å². The van der Waals surface area contributed by atoms with Gasteiger partial charge in [-0.15, -0.1) is 5.10 Å². The van der Waals surface area contributed by atoms with Gasteiger partial charge < -0.3 is 10.1 Å². The van der Waals surface area contributed by atoms with Gasteiger partial charge in [-0.3, -0.25) is 4.79 Å². The molecule has 0 radical (unpaired) electrons. The van der Waals surface area contributed by atoms with Crippen LogP contribution >= 0.6 is 0 Å². The van der Waals surface area contributed by atoms with Crippen LogP contribution < -0.4 is 5.32 Å². The third kappa shape index (κ3) is 4.63. The van der Waals surface area contributed by atoms with Crippen molar-refractivity contribution in [1.82, 2.24) is 20.2 Å². The molecule has 0 aliphatic heterocycles. The SMILES string of the molecule is CCn1nnnc1-c1cccc(NC(=O)COC2CCCC(C)C2)c1. The molecular formula is C18H25N5O2. The molecule has 134 valence electrons. The second kappa shape index (κ2) is 8.20.